The largest absolute Gasteiger partial charge is 0.329 e. The first-order valence-electron chi connectivity index (χ1n) is 7.16. The van der Waals surface area contributed by atoms with Crippen LogP contribution < -0.4 is 11.2 Å². The zero-order valence-electron chi connectivity index (χ0n) is 12.3. The van der Waals surface area contributed by atoms with Crippen LogP contribution >= 0.6 is 11.3 Å². The van der Waals surface area contributed by atoms with Crippen molar-refractivity contribution >= 4 is 22.5 Å². The summed E-state index contributed by atoms with van der Waals surface area (Å²) in [5.41, 5.74) is 0.930. The zero-order chi connectivity index (χ0) is 15.4. The summed E-state index contributed by atoms with van der Waals surface area (Å²) in [6.45, 7) is 2.68. The Bertz CT molecular complexity index is 989. The molecule has 0 atom stereocenters. The Balaban J connectivity index is 2.04. The van der Waals surface area contributed by atoms with Gasteiger partial charge in [-0.05, 0) is 25.7 Å². The van der Waals surface area contributed by atoms with E-state index in [0.717, 1.165) is 21.8 Å². The Kier molecular flexibility index (Phi) is 2.83. The van der Waals surface area contributed by atoms with E-state index in [0.29, 0.717) is 22.9 Å². The minimum atomic E-state index is -0.420. The molecular weight excluding hydrogens is 302 g/mol. The van der Waals surface area contributed by atoms with Crippen molar-refractivity contribution in [1.29, 1.82) is 0 Å². The van der Waals surface area contributed by atoms with Crippen LogP contribution in [0.1, 0.15) is 18.5 Å². The van der Waals surface area contributed by atoms with E-state index in [9.17, 15) is 9.59 Å². The summed E-state index contributed by atoms with van der Waals surface area (Å²) in [4.78, 5) is 36.0. The standard InChI is InChI=1S/C14H15N5O2S/c1-7-6-22-12(15-7)11-16-9-10(19(11)5-8-3-4-8)17-14(21)18(2)13(9)20/h6,8H,3-5H2,1-2H3,(H,17,21). The number of nitrogens with one attached hydrogen (secondary N) is 1. The molecule has 1 aliphatic carbocycles. The molecule has 0 radical (unpaired) electrons. The number of thiazole rings is 1. The average molecular weight is 317 g/mol. The van der Waals surface area contributed by atoms with Crippen LogP contribution in [0, 0.1) is 12.8 Å². The molecule has 3 aromatic rings. The lowest BCUT2D eigenvalue weighted by Gasteiger charge is -2.06. The number of hydrogen-bond acceptors (Lipinski definition) is 5. The lowest BCUT2D eigenvalue weighted by atomic mass is 10.4. The molecule has 0 aliphatic heterocycles. The third-order valence-electron chi connectivity index (χ3n) is 3.95. The van der Waals surface area contributed by atoms with Crippen molar-refractivity contribution in [2.24, 2.45) is 13.0 Å². The van der Waals surface area contributed by atoms with E-state index < -0.39 is 5.69 Å². The number of aryl methyl sites for hydroxylation is 1. The van der Waals surface area contributed by atoms with Crippen LogP contribution in [0.15, 0.2) is 15.0 Å². The molecule has 0 bridgehead atoms. The lowest BCUT2D eigenvalue weighted by molar-refractivity contribution is 0.640. The molecule has 1 fully saturated rings. The van der Waals surface area contributed by atoms with E-state index in [-0.39, 0.29) is 5.56 Å². The number of rotatable bonds is 3. The van der Waals surface area contributed by atoms with Gasteiger partial charge in [-0.15, -0.1) is 11.3 Å². The smallest absolute Gasteiger partial charge is 0.308 e. The quantitative estimate of drug-likeness (QED) is 0.788. The number of nitrogens with zero attached hydrogens (tertiary/aromatic N) is 4. The molecule has 7 nitrogen and oxygen atoms in total. The van der Waals surface area contributed by atoms with Crippen LogP contribution in [0.5, 0.6) is 0 Å². The lowest BCUT2D eigenvalue weighted by Crippen LogP contribution is -2.32. The van der Waals surface area contributed by atoms with E-state index >= 15 is 0 Å². The summed E-state index contributed by atoms with van der Waals surface area (Å²) >= 11 is 1.50. The number of fused-ring (bicyclic) bond motifs is 1. The molecule has 0 spiro atoms. The molecule has 22 heavy (non-hydrogen) atoms. The van der Waals surface area contributed by atoms with Crippen LogP contribution in [0.2, 0.25) is 0 Å². The van der Waals surface area contributed by atoms with Crippen molar-refractivity contribution in [3.8, 4) is 10.8 Å². The van der Waals surface area contributed by atoms with Crippen LogP contribution in [-0.4, -0.2) is 24.1 Å². The maximum Gasteiger partial charge on any atom is 0.329 e. The van der Waals surface area contributed by atoms with E-state index in [1.54, 1.807) is 0 Å². The predicted molar refractivity (Wildman–Crippen MR) is 84.2 cm³/mol. The highest BCUT2D eigenvalue weighted by Crippen LogP contribution is 2.34. The molecule has 1 aliphatic rings. The van der Waals surface area contributed by atoms with Gasteiger partial charge in [0.05, 0.1) is 0 Å². The topological polar surface area (TPSA) is 85.6 Å². The van der Waals surface area contributed by atoms with Gasteiger partial charge in [0, 0.05) is 24.7 Å². The highest BCUT2D eigenvalue weighted by atomic mass is 32.1. The summed E-state index contributed by atoms with van der Waals surface area (Å²) in [6, 6.07) is 0. The third kappa shape index (κ3) is 2.02. The first kappa shape index (κ1) is 13.4. The fraction of sp³-hybridized carbons (Fsp3) is 0.429. The van der Waals surface area contributed by atoms with Gasteiger partial charge in [0.25, 0.3) is 5.56 Å². The van der Waals surface area contributed by atoms with Crippen molar-refractivity contribution < 1.29 is 0 Å². The summed E-state index contributed by atoms with van der Waals surface area (Å²) in [6.07, 6.45) is 2.34. The summed E-state index contributed by atoms with van der Waals surface area (Å²) < 4.78 is 2.99. The van der Waals surface area contributed by atoms with Gasteiger partial charge >= 0.3 is 5.69 Å². The highest BCUT2D eigenvalue weighted by Gasteiger charge is 2.26. The second-order valence-corrected chi connectivity index (χ2v) is 6.63. The molecule has 4 rings (SSSR count). The molecule has 0 saturated heterocycles. The Morgan fingerprint density at radius 3 is 2.77 bits per heavy atom. The second-order valence-electron chi connectivity index (χ2n) is 5.77. The minimum absolute atomic E-state index is 0.297. The summed E-state index contributed by atoms with van der Waals surface area (Å²) in [5.74, 6) is 1.25. The maximum atomic E-state index is 12.3. The molecule has 0 amide bonds. The van der Waals surface area contributed by atoms with Crippen LogP contribution in [-0.2, 0) is 13.6 Å². The van der Waals surface area contributed by atoms with Crippen LogP contribution in [0.4, 0.5) is 0 Å². The van der Waals surface area contributed by atoms with E-state index in [1.807, 2.05) is 16.9 Å². The zero-order valence-corrected chi connectivity index (χ0v) is 13.1. The van der Waals surface area contributed by atoms with Gasteiger partial charge in [-0.25, -0.2) is 14.8 Å². The summed E-state index contributed by atoms with van der Waals surface area (Å²) in [5, 5.41) is 2.73. The maximum absolute atomic E-state index is 12.3. The molecular formula is C14H15N5O2S. The fourth-order valence-corrected chi connectivity index (χ4v) is 3.31. The van der Waals surface area contributed by atoms with Gasteiger partial charge in [-0.1, -0.05) is 0 Å². The molecule has 0 unspecified atom stereocenters. The van der Waals surface area contributed by atoms with Crippen molar-refractivity contribution in [1.82, 2.24) is 24.1 Å². The predicted octanol–water partition coefficient (Wildman–Crippen LogP) is 1.27. The first-order valence-corrected chi connectivity index (χ1v) is 8.04. The first-order chi connectivity index (χ1) is 10.5. The fourth-order valence-electron chi connectivity index (χ4n) is 2.52. The Morgan fingerprint density at radius 2 is 2.14 bits per heavy atom. The number of hydrogen-bond donors (Lipinski definition) is 1. The molecule has 1 saturated carbocycles. The van der Waals surface area contributed by atoms with Crippen molar-refractivity contribution in [2.45, 2.75) is 26.3 Å². The molecule has 3 aromatic heterocycles. The monoisotopic (exact) mass is 317 g/mol. The van der Waals surface area contributed by atoms with Crippen molar-refractivity contribution in [3.05, 3.63) is 31.9 Å². The average Bonchev–Trinajstić information content (AvgIpc) is 3.10. The van der Waals surface area contributed by atoms with E-state index in [1.165, 1.54) is 31.2 Å². The Hall–Kier alpha value is -2.22. The van der Waals surface area contributed by atoms with Gasteiger partial charge in [0.2, 0.25) is 0 Å². The molecule has 8 heteroatoms. The molecule has 114 valence electrons. The van der Waals surface area contributed by atoms with E-state index in [4.69, 9.17) is 0 Å². The molecule has 1 N–H and O–H groups in total. The second kappa shape index (κ2) is 4.64. The van der Waals surface area contributed by atoms with Crippen molar-refractivity contribution in [2.75, 3.05) is 0 Å². The number of aromatic nitrogens is 5. The Morgan fingerprint density at radius 1 is 1.36 bits per heavy atom. The van der Waals surface area contributed by atoms with Gasteiger partial charge in [0.1, 0.15) is 5.65 Å². The van der Waals surface area contributed by atoms with Gasteiger partial charge in [-0.3, -0.25) is 14.3 Å². The molecule has 0 aromatic carbocycles. The van der Waals surface area contributed by atoms with Crippen LogP contribution in [0.3, 0.4) is 0 Å². The van der Waals surface area contributed by atoms with Gasteiger partial charge in [0.15, 0.2) is 16.3 Å². The summed E-state index contributed by atoms with van der Waals surface area (Å²) in [7, 11) is 1.45. The number of imidazole rings is 1. The van der Waals surface area contributed by atoms with Gasteiger partial charge < -0.3 is 4.57 Å². The minimum Gasteiger partial charge on any atom is -0.308 e. The Labute approximate surface area is 129 Å². The normalized spacial score (nSPS) is 14.8. The molecule has 3 heterocycles. The third-order valence-corrected chi connectivity index (χ3v) is 4.91. The number of H-pyrrole nitrogens is 1. The van der Waals surface area contributed by atoms with Crippen LogP contribution in [0.25, 0.3) is 22.0 Å². The SMILES string of the molecule is Cc1csc(-c2nc3c(=O)n(C)c(=O)[nH]c3n2CC2CC2)n1. The number of aromatic amines is 1. The van der Waals surface area contributed by atoms with Gasteiger partial charge in [-0.2, -0.15) is 0 Å². The van der Waals surface area contributed by atoms with Crippen molar-refractivity contribution in [3.63, 3.8) is 0 Å². The highest BCUT2D eigenvalue weighted by molar-refractivity contribution is 7.13. The van der Waals surface area contributed by atoms with E-state index in [2.05, 4.69) is 15.0 Å².